The Hall–Kier alpha value is -3.04. The first-order chi connectivity index (χ1) is 18.8. The number of anilines is 1. The monoisotopic (exact) mass is 537 g/mol. The van der Waals surface area contributed by atoms with Gasteiger partial charge in [0.15, 0.2) is 6.29 Å². The molecule has 39 heavy (non-hydrogen) atoms. The maximum Gasteiger partial charge on any atom is 0.224 e. The zero-order valence-corrected chi connectivity index (χ0v) is 23.4. The average molecular weight is 538 g/mol. The van der Waals surface area contributed by atoms with Crippen molar-refractivity contribution in [3.8, 4) is 0 Å². The number of rotatable bonds is 14. The molecule has 212 valence electrons. The third-order valence-corrected chi connectivity index (χ3v) is 6.95. The van der Waals surface area contributed by atoms with E-state index in [0.717, 1.165) is 49.0 Å². The van der Waals surface area contributed by atoms with E-state index in [-0.39, 0.29) is 36.5 Å². The number of aliphatic hydroxyl groups is 1. The summed E-state index contributed by atoms with van der Waals surface area (Å²) in [5.41, 5.74) is 3.43. The molecular formula is C31H43N3O5. The fourth-order valence-electron chi connectivity index (χ4n) is 4.77. The number of amides is 2. The Labute approximate surface area is 232 Å². The van der Waals surface area contributed by atoms with Gasteiger partial charge in [-0.3, -0.25) is 9.59 Å². The molecule has 1 heterocycles. The third kappa shape index (κ3) is 9.58. The third-order valence-electron chi connectivity index (χ3n) is 6.95. The van der Waals surface area contributed by atoms with E-state index in [4.69, 9.17) is 9.47 Å². The average Bonchev–Trinajstić information content (AvgIpc) is 2.92. The molecule has 8 nitrogen and oxygen atoms in total. The molecule has 0 aromatic heterocycles. The molecule has 3 N–H and O–H groups in total. The smallest absolute Gasteiger partial charge is 0.224 e. The number of hydrogen-bond donors (Lipinski definition) is 3. The number of likely N-dealkylation sites (N-methyl/N-ethyl adjacent to an activating group) is 1. The van der Waals surface area contributed by atoms with Crippen LogP contribution < -0.4 is 10.6 Å². The van der Waals surface area contributed by atoms with E-state index in [2.05, 4.69) is 29.0 Å². The summed E-state index contributed by atoms with van der Waals surface area (Å²) < 4.78 is 13.0. The summed E-state index contributed by atoms with van der Waals surface area (Å²) in [5, 5.41) is 15.2. The first-order valence-electron chi connectivity index (χ1n) is 13.7. The first kappa shape index (κ1) is 30.5. The van der Waals surface area contributed by atoms with Crippen LogP contribution in [0.5, 0.6) is 0 Å². The standard InChI is InChI=1S/C31H43N3O5/c1-5-18-34(4)20-28-22(2)30(25-15-13-24(21-35)14-16-25)39-31(38-28)26-10-9-11-27(19-26)33-29(37)12-7-6-8-17-32-23(3)36/h5,9-11,13-16,19,22,28,30-31,35H,1,6-8,12,17-18,20-21H2,2-4H3,(H,32,36)(H,33,37)/t22-,28+,30+,31+/m0/s1. The second-order valence-electron chi connectivity index (χ2n) is 10.3. The van der Waals surface area contributed by atoms with Crippen LogP contribution in [0.4, 0.5) is 5.69 Å². The van der Waals surface area contributed by atoms with Crippen LogP contribution in [0.15, 0.2) is 61.2 Å². The molecule has 0 saturated carbocycles. The molecule has 8 heteroatoms. The summed E-state index contributed by atoms with van der Waals surface area (Å²) in [4.78, 5) is 25.7. The number of unbranched alkanes of at least 4 members (excludes halogenated alkanes) is 2. The van der Waals surface area contributed by atoms with Crippen LogP contribution in [0.25, 0.3) is 0 Å². The lowest BCUT2D eigenvalue weighted by Gasteiger charge is -2.42. The SMILES string of the molecule is C=CCN(C)C[C@H]1O[C@@H](c2cccc(NC(=O)CCCCCNC(C)=O)c2)O[C@@H](c2ccc(CO)cc2)[C@H]1C. The van der Waals surface area contributed by atoms with Crippen molar-refractivity contribution in [3.63, 3.8) is 0 Å². The molecule has 0 bridgehead atoms. The first-order valence-corrected chi connectivity index (χ1v) is 13.7. The highest BCUT2D eigenvalue weighted by molar-refractivity contribution is 5.90. The maximum absolute atomic E-state index is 12.5. The van der Waals surface area contributed by atoms with Crippen LogP contribution in [0.2, 0.25) is 0 Å². The van der Waals surface area contributed by atoms with Gasteiger partial charge in [0.2, 0.25) is 11.8 Å². The topological polar surface area (TPSA) is 100 Å². The van der Waals surface area contributed by atoms with Gasteiger partial charge in [0.05, 0.1) is 18.8 Å². The number of nitrogens with one attached hydrogen (secondary N) is 2. The van der Waals surface area contributed by atoms with Crippen molar-refractivity contribution in [2.75, 3.05) is 32.0 Å². The van der Waals surface area contributed by atoms with Crippen LogP contribution in [-0.4, -0.2) is 54.6 Å². The van der Waals surface area contributed by atoms with E-state index < -0.39 is 6.29 Å². The van der Waals surface area contributed by atoms with E-state index in [9.17, 15) is 14.7 Å². The summed E-state index contributed by atoms with van der Waals surface area (Å²) in [7, 11) is 2.04. The van der Waals surface area contributed by atoms with E-state index in [1.165, 1.54) is 6.92 Å². The molecule has 0 aliphatic carbocycles. The maximum atomic E-state index is 12.5. The Morgan fingerprint density at radius 1 is 1.08 bits per heavy atom. The number of hydrogen-bond acceptors (Lipinski definition) is 6. The van der Waals surface area contributed by atoms with E-state index in [1.54, 1.807) is 0 Å². The van der Waals surface area contributed by atoms with E-state index >= 15 is 0 Å². The Morgan fingerprint density at radius 3 is 2.54 bits per heavy atom. The van der Waals surface area contributed by atoms with Crippen LogP contribution >= 0.6 is 0 Å². The van der Waals surface area contributed by atoms with Crippen molar-refractivity contribution in [1.82, 2.24) is 10.2 Å². The predicted molar refractivity (Wildman–Crippen MR) is 153 cm³/mol. The van der Waals surface area contributed by atoms with Gasteiger partial charge in [-0.15, -0.1) is 6.58 Å². The van der Waals surface area contributed by atoms with Crippen molar-refractivity contribution in [3.05, 3.63) is 77.9 Å². The summed E-state index contributed by atoms with van der Waals surface area (Å²) in [6.07, 6.45) is 3.89. The Kier molecular flexibility index (Phi) is 12.1. The number of benzene rings is 2. The lowest BCUT2D eigenvalue weighted by Crippen LogP contribution is -2.43. The van der Waals surface area contributed by atoms with Gasteiger partial charge in [-0.05, 0) is 43.1 Å². The number of ether oxygens (including phenoxy) is 2. The summed E-state index contributed by atoms with van der Waals surface area (Å²) in [5.74, 6) is 0.00705. The molecular weight excluding hydrogens is 494 g/mol. The fourth-order valence-corrected chi connectivity index (χ4v) is 4.77. The molecule has 2 aromatic rings. The normalized spacial score (nSPS) is 20.9. The Morgan fingerprint density at radius 2 is 1.85 bits per heavy atom. The van der Waals surface area contributed by atoms with Gasteiger partial charge in [0.1, 0.15) is 0 Å². The highest BCUT2D eigenvalue weighted by Crippen LogP contribution is 2.42. The highest BCUT2D eigenvalue weighted by atomic mass is 16.7. The lowest BCUT2D eigenvalue weighted by atomic mass is 9.90. The quantitative estimate of drug-likeness (QED) is 0.238. The van der Waals surface area contributed by atoms with Crippen molar-refractivity contribution in [2.24, 2.45) is 5.92 Å². The van der Waals surface area contributed by atoms with Gasteiger partial charge in [0, 0.05) is 50.1 Å². The summed E-state index contributed by atoms with van der Waals surface area (Å²) in [6, 6.07) is 15.5. The molecule has 4 atom stereocenters. The summed E-state index contributed by atoms with van der Waals surface area (Å²) in [6.45, 7) is 9.59. The zero-order chi connectivity index (χ0) is 28.2. The number of nitrogens with zero attached hydrogens (tertiary/aromatic N) is 1. The Bertz CT molecular complexity index is 1070. The molecule has 1 aliphatic heterocycles. The number of aliphatic hydroxyl groups excluding tert-OH is 1. The second kappa shape index (κ2) is 15.5. The molecule has 0 radical (unpaired) electrons. The van der Waals surface area contributed by atoms with Gasteiger partial charge in [-0.1, -0.05) is 55.8 Å². The van der Waals surface area contributed by atoms with Gasteiger partial charge in [-0.2, -0.15) is 0 Å². The van der Waals surface area contributed by atoms with Crippen LogP contribution in [0, 0.1) is 5.92 Å². The molecule has 2 amide bonds. The van der Waals surface area contributed by atoms with Gasteiger partial charge in [-0.25, -0.2) is 0 Å². The van der Waals surface area contributed by atoms with Gasteiger partial charge < -0.3 is 30.1 Å². The van der Waals surface area contributed by atoms with Crippen molar-refractivity contribution >= 4 is 17.5 Å². The largest absolute Gasteiger partial charge is 0.392 e. The number of carbonyl (C=O) groups is 2. The van der Waals surface area contributed by atoms with Crippen LogP contribution in [-0.2, 0) is 25.7 Å². The van der Waals surface area contributed by atoms with Crippen molar-refractivity contribution < 1.29 is 24.2 Å². The molecule has 1 saturated heterocycles. The molecule has 1 fully saturated rings. The number of carbonyl (C=O) groups excluding carboxylic acids is 2. The minimum Gasteiger partial charge on any atom is -0.392 e. The molecule has 2 aromatic carbocycles. The lowest BCUT2D eigenvalue weighted by molar-refractivity contribution is -0.275. The summed E-state index contributed by atoms with van der Waals surface area (Å²) >= 11 is 0. The van der Waals surface area contributed by atoms with Gasteiger partial charge >= 0.3 is 0 Å². The molecule has 0 unspecified atom stereocenters. The molecule has 3 rings (SSSR count). The van der Waals surface area contributed by atoms with E-state index in [1.807, 2.05) is 61.7 Å². The van der Waals surface area contributed by atoms with Crippen LogP contribution in [0.3, 0.4) is 0 Å². The van der Waals surface area contributed by atoms with Gasteiger partial charge in [0.25, 0.3) is 0 Å². The minimum atomic E-state index is -0.600. The van der Waals surface area contributed by atoms with E-state index in [0.29, 0.717) is 18.7 Å². The Balaban J connectivity index is 1.69. The zero-order valence-electron chi connectivity index (χ0n) is 23.4. The second-order valence-corrected chi connectivity index (χ2v) is 10.3. The fraction of sp³-hybridized carbons (Fsp3) is 0.484. The molecule has 0 spiro atoms. The highest BCUT2D eigenvalue weighted by Gasteiger charge is 2.38. The minimum absolute atomic E-state index is 0.00233. The van der Waals surface area contributed by atoms with Crippen molar-refractivity contribution in [1.29, 1.82) is 0 Å². The molecule has 1 aliphatic rings. The predicted octanol–water partition coefficient (Wildman–Crippen LogP) is 4.72. The van der Waals surface area contributed by atoms with Crippen LogP contribution in [0.1, 0.15) is 68.6 Å². The van der Waals surface area contributed by atoms with Crippen molar-refractivity contribution in [2.45, 2.75) is 64.6 Å².